The first-order chi connectivity index (χ1) is 16.5. The lowest BCUT2D eigenvalue weighted by atomic mass is 9.85. The molecule has 0 N–H and O–H groups in total. The summed E-state index contributed by atoms with van der Waals surface area (Å²) in [5, 5.41) is 0. The van der Waals surface area contributed by atoms with Crippen LogP contribution in [0.2, 0.25) is 0 Å². The van der Waals surface area contributed by atoms with Crippen LogP contribution in [0.15, 0.2) is 54.6 Å². The Hall–Kier alpha value is -4.33. The predicted molar refractivity (Wildman–Crippen MR) is 122 cm³/mol. The molecule has 3 aromatic rings. The van der Waals surface area contributed by atoms with Gasteiger partial charge >= 0.3 is 5.97 Å². The van der Waals surface area contributed by atoms with Crippen LogP contribution in [-0.2, 0) is 4.79 Å². The number of fused-ring (bicyclic) bond motifs is 3. The topological polar surface area (TPSA) is 93.2 Å². The first kappa shape index (κ1) is 21.5. The molecule has 2 aliphatic rings. The van der Waals surface area contributed by atoms with Crippen LogP contribution in [0.25, 0.3) is 6.08 Å². The summed E-state index contributed by atoms with van der Waals surface area (Å²) in [6, 6.07) is 10.4. The van der Waals surface area contributed by atoms with E-state index in [4.69, 9.17) is 23.7 Å². The zero-order valence-electron chi connectivity index (χ0n) is 18.8. The molecule has 0 spiro atoms. The van der Waals surface area contributed by atoms with Crippen LogP contribution in [0, 0.1) is 0 Å². The number of aromatic nitrogens is 1. The van der Waals surface area contributed by atoms with Gasteiger partial charge in [0.05, 0.1) is 33.3 Å². The van der Waals surface area contributed by atoms with Gasteiger partial charge in [-0.05, 0) is 42.0 Å². The molecule has 0 saturated carbocycles. The smallest absolute Gasteiger partial charge is 0.312 e. The number of benzene rings is 2. The minimum absolute atomic E-state index is 0.120. The number of carbonyl (C=O) groups excluding carboxylic acids is 2. The van der Waals surface area contributed by atoms with Crippen LogP contribution in [0.5, 0.6) is 28.7 Å². The maximum absolute atomic E-state index is 13.3. The molecule has 8 nitrogen and oxygen atoms in total. The molecule has 8 heteroatoms. The zero-order valence-corrected chi connectivity index (χ0v) is 18.8. The van der Waals surface area contributed by atoms with E-state index in [0.29, 0.717) is 45.4 Å². The first-order valence-electron chi connectivity index (χ1n) is 10.6. The maximum atomic E-state index is 13.3. The molecular weight excluding hydrogens is 438 g/mol. The summed E-state index contributed by atoms with van der Waals surface area (Å²) in [5.41, 5.74) is 2.47. The van der Waals surface area contributed by atoms with Gasteiger partial charge in [-0.1, -0.05) is 6.07 Å². The summed E-state index contributed by atoms with van der Waals surface area (Å²) >= 11 is 0. The Morgan fingerprint density at radius 3 is 2.50 bits per heavy atom. The van der Waals surface area contributed by atoms with E-state index in [9.17, 15) is 9.59 Å². The molecule has 0 amide bonds. The van der Waals surface area contributed by atoms with E-state index < -0.39 is 0 Å². The fourth-order valence-electron chi connectivity index (χ4n) is 4.35. The summed E-state index contributed by atoms with van der Waals surface area (Å²) < 4.78 is 27.9. The number of pyridine rings is 1. The van der Waals surface area contributed by atoms with Crippen molar-refractivity contribution in [3.63, 3.8) is 0 Å². The van der Waals surface area contributed by atoms with Crippen LogP contribution in [0.3, 0.4) is 0 Å². The van der Waals surface area contributed by atoms with Crippen molar-refractivity contribution < 1.29 is 33.3 Å². The van der Waals surface area contributed by atoms with E-state index in [-0.39, 0.29) is 29.9 Å². The van der Waals surface area contributed by atoms with Crippen LogP contribution in [0.1, 0.15) is 39.4 Å². The first-order valence-corrected chi connectivity index (χ1v) is 10.6. The van der Waals surface area contributed by atoms with Crippen molar-refractivity contribution >= 4 is 17.8 Å². The van der Waals surface area contributed by atoms with Crippen molar-refractivity contribution in [3.8, 4) is 28.7 Å². The van der Waals surface area contributed by atoms with E-state index in [1.807, 2.05) is 6.07 Å². The Morgan fingerprint density at radius 1 is 0.971 bits per heavy atom. The maximum Gasteiger partial charge on any atom is 0.312 e. The minimum atomic E-state index is -0.351. The zero-order chi connectivity index (χ0) is 23.8. The van der Waals surface area contributed by atoms with Crippen molar-refractivity contribution in [2.45, 2.75) is 12.3 Å². The predicted octanol–water partition coefficient (Wildman–Crippen LogP) is 4.16. The van der Waals surface area contributed by atoms with Crippen molar-refractivity contribution in [2.75, 3.05) is 21.3 Å². The highest BCUT2D eigenvalue weighted by Gasteiger charge is 2.38. The van der Waals surface area contributed by atoms with Crippen LogP contribution >= 0.6 is 0 Å². The Morgan fingerprint density at radius 2 is 1.79 bits per heavy atom. The molecule has 5 rings (SSSR count). The standard InChI is InChI=1S/C26H21NO7/c1-30-19-8-6-14(24(31-2)26(19)32-3)11-20-23(29)16-7-9-18-22(25(16)34-20)17(12-21(28)33-18)15-5-4-10-27-13-15/h4-11,13,17H,12H2,1-3H3/b20-11-/t17-/m1/s1. The van der Waals surface area contributed by atoms with Gasteiger partial charge in [0.25, 0.3) is 0 Å². The molecule has 0 bridgehead atoms. The van der Waals surface area contributed by atoms with Gasteiger partial charge < -0.3 is 23.7 Å². The molecule has 34 heavy (non-hydrogen) atoms. The largest absolute Gasteiger partial charge is 0.493 e. The Bertz CT molecular complexity index is 1330. The average Bonchev–Trinajstić information content (AvgIpc) is 3.18. The number of esters is 1. The number of hydrogen-bond donors (Lipinski definition) is 0. The molecule has 0 unspecified atom stereocenters. The third kappa shape index (κ3) is 3.44. The number of ether oxygens (including phenoxy) is 5. The number of Topliss-reactive ketones (excluding diaryl/α,β-unsaturated/α-hetero) is 1. The normalized spacial score (nSPS) is 17.5. The quantitative estimate of drug-likeness (QED) is 0.319. The fraction of sp³-hybridized carbons (Fsp3) is 0.192. The lowest BCUT2D eigenvalue weighted by Crippen LogP contribution is -2.21. The molecule has 1 atom stereocenters. The minimum Gasteiger partial charge on any atom is -0.493 e. The van der Waals surface area contributed by atoms with Crippen molar-refractivity contribution in [1.29, 1.82) is 0 Å². The third-order valence-electron chi connectivity index (χ3n) is 5.89. The van der Waals surface area contributed by atoms with Crippen molar-refractivity contribution in [2.24, 2.45) is 0 Å². The lowest BCUT2D eigenvalue weighted by Gasteiger charge is -2.26. The van der Waals surface area contributed by atoms with Gasteiger partial charge in [0.1, 0.15) is 11.5 Å². The Balaban J connectivity index is 1.61. The van der Waals surface area contributed by atoms with Gasteiger partial charge in [0.2, 0.25) is 11.5 Å². The Kier molecular flexibility index (Phi) is 5.41. The number of allylic oxidation sites excluding steroid dienone is 1. The molecule has 1 aromatic heterocycles. The van der Waals surface area contributed by atoms with Gasteiger partial charge in [0, 0.05) is 29.4 Å². The summed E-state index contributed by atoms with van der Waals surface area (Å²) in [6.45, 7) is 0. The van der Waals surface area contributed by atoms with E-state index in [2.05, 4.69) is 4.98 Å². The number of hydrogen-bond acceptors (Lipinski definition) is 8. The summed E-state index contributed by atoms with van der Waals surface area (Å²) in [7, 11) is 4.55. The van der Waals surface area contributed by atoms with E-state index in [1.54, 1.807) is 48.8 Å². The molecule has 0 aliphatic carbocycles. The van der Waals surface area contributed by atoms with Crippen molar-refractivity contribution in [3.05, 3.63) is 76.8 Å². The number of carbonyl (C=O) groups is 2. The second kappa shape index (κ2) is 8.55. The fourth-order valence-corrected chi connectivity index (χ4v) is 4.35. The van der Waals surface area contributed by atoms with E-state index >= 15 is 0 Å². The summed E-state index contributed by atoms with van der Waals surface area (Å²) in [5.74, 6) is 1.22. The van der Waals surface area contributed by atoms with Gasteiger partial charge in [-0.3, -0.25) is 14.6 Å². The molecule has 0 fully saturated rings. The summed E-state index contributed by atoms with van der Waals surface area (Å²) in [4.78, 5) is 29.7. The van der Waals surface area contributed by atoms with Crippen molar-refractivity contribution in [1.82, 2.24) is 4.98 Å². The molecule has 0 radical (unpaired) electrons. The van der Waals surface area contributed by atoms with Crippen LogP contribution in [-0.4, -0.2) is 38.1 Å². The van der Waals surface area contributed by atoms with Gasteiger partial charge in [-0.2, -0.15) is 0 Å². The highest BCUT2D eigenvalue weighted by Crippen LogP contribution is 2.49. The second-order valence-electron chi connectivity index (χ2n) is 7.73. The van der Waals surface area contributed by atoms with E-state index in [1.165, 1.54) is 21.3 Å². The lowest BCUT2D eigenvalue weighted by molar-refractivity contribution is -0.135. The highest BCUT2D eigenvalue weighted by atomic mass is 16.5. The monoisotopic (exact) mass is 459 g/mol. The van der Waals surface area contributed by atoms with Crippen LogP contribution < -0.4 is 23.7 Å². The van der Waals surface area contributed by atoms with Gasteiger partial charge in [-0.25, -0.2) is 0 Å². The molecule has 2 aromatic carbocycles. The van der Waals surface area contributed by atoms with Gasteiger partial charge in [0.15, 0.2) is 17.3 Å². The van der Waals surface area contributed by atoms with E-state index in [0.717, 1.165) is 5.56 Å². The SMILES string of the molecule is COc1ccc(/C=C2\Oc3c(ccc4c3[C@@H](c3cccnc3)CC(=O)O4)C2=O)c(OC)c1OC. The molecule has 172 valence electrons. The average molecular weight is 459 g/mol. The molecule has 0 saturated heterocycles. The third-order valence-corrected chi connectivity index (χ3v) is 5.89. The number of ketones is 1. The second-order valence-corrected chi connectivity index (χ2v) is 7.73. The highest BCUT2D eigenvalue weighted by molar-refractivity contribution is 6.15. The van der Waals surface area contributed by atoms with Crippen LogP contribution in [0.4, 0.5) is 0 Å². The molecular formula is C26H21NO7. The molecule has 3 heterocycles. The number of nitrogens with zero attached hydrogens (tertiary/aromatic N) is 1. The number of methoxy groups -OCH3 is 3. The number of rotatable bonds is 5. The summed E-state index contributed by atoms with van der Waals surface area (Å²) in [6.07, 6.45) is 5.09. The Labute approximate surface area is 195 Å². The van der Waals surface area contributed by atoms with Gasteiger partial charge in [-0.15, -0.1) is 0 Å². The molecule has 2 aliphatic heterocycles.